The number of ketones is 2. The van der Waals surface area contributed by atoms with Gasteiger partial charge in [-0.3, -0.25) is 9.59 Å². The number of benzene rings is 1. The van der Waals surface area contributed by atoms with Crippen LogP contribution < -0.4 is 0 Å². The Balaban J connectivity index is 2.11. The number of carbonyl (C=O) groups is 3. The molecule has 0 fully saturated rings. The lowest BCUT2D eigenvalue weighted by Crippen LogP contribution is -2.09. The summed E-state index contributed by atoms with van der Waals surface area (Å²) in [6.45, 7) is 1.50. The van der Waals surface area contributed by atoms with E-state index in [0.29, 0.717) is 23.1 Å². The highest BCUT2D eigenvalue weighted by Gasteiger charge is 2.13. The lowest BCUT2D eigenvalue weighted by molar-refractivity contribution is -0.146. The van der Waals surface area contributed by atoms with Crippen molar-refractivity contribution in [3.63, 3.8) is 0 Å². The second-order valence-electron chi connectivity index (χ2n) is 4.76. The molecule has 7 heteroatoms. The Morgan fingerprint density at radius 3 is 2.39 bits per heavy atom. The number of hydrogen-bond donors (Lipinski definition) is 2. The van der Waals surface area contributed by atoms with Gasteiger partial charge >= 0.3 is 5.97 Å². The summed E-state index contributed by atoms with van der Waals surface area (Å²) in [5.41, 5.74) is 1.72. The molecule has 0 amide bonds. The number of hydrogen-bond acceptors (Lipinski definition) is 6. The fourth-order valence-electron chi connectivity index (χ4n) is 1.80. The molecule has 1 aromatic carbocycles. The lowest BCUT2D eigenvalue weighted by atomic mass is 10.1. The maximum atomic E-state index is 11.2. The van der Waals surface area contributed by atoms with E-state index in [4.69, 9.17) is 5.11 Å². The van der Waals surface area contributed by atoms with Gasteiger partial charge in [0.2, 0.25) is 0 Å². The van der Waals surface area contributed by atoms with Crippen molar-refractivity contribution in [3.8, 4) is 0 Å². The fourth-order valence-corrected chi connectivity index (χ4v) is 2.62. The molecule has 0 saturated heterocycles. The molecule has 0 unspecified atom stereocenters. The molecule has 0 bridgehead atoms. The highest BCUT2D eigenvalue weighted by molar-refractivity contribution is 7.09. The Labute approximate surface area is 135 Å². The second-order valence-corrected chi connectivity index (χ2v) is 5.70. The monoisotopic (exact) mass is 331 g/mol. The number of carboxylic acids is 1. The number of nitrogens with zero attached hydrogens (tertiary/aromatic N) is 1. The third-order valence-electron chi connectivity index (χ3n) is 3.01. The molecule has 0 aliphatic rings. The third-order valence-corrected chi connectivity index (χ3v) is 3.86. The zero-order valence-corrected chi connectivity index (χ0v) is 13.0. The summed E-state index contributed by atoms with van der Waals surface area (Å²) in [4.78, 5) is 36.8. The number of aliphatic carboxylic acids is 1. The summed E-state index contributed by atoms with van der Waals surface area (Å²) in [7, 11) is 0. The Bertz CT molecular complexity index is 789. The van der Waals surface area contributed by atoms with E-state index in [2.05, 4.69) is 4.98 Å². The number of carboxylic acid groups (broad SMARTS) is 1. The van der Waals surface area contributed by atoms with Crippen molar-refractivity contribution in [3.05, 3.63) is 57.6 Å². The van der Waals surface area contributed by atoms with Crippen molar-refractivity contribution in [2.75, 3.05) is 0 Å². The summed E-state index contributed by atoms with van der Waals surface area (Å²) in [5.74, 6) is -3.34. The van der Waals surface area contributed by atoms with Crippen LogP contribution in [0.5, 0.6) is 0 Å². The molecular formula is C16H13NO5S. The summed E-state index contributed by atoms with van der Waals surface area (Å²) < 4.78 is 0. The maximum absolute atomic E-state index is 11.2. The molecule has 0 aliphatic carbocycles. The fraction of sp³-hybridized carbons (Fsp3) is 0.125. The van der Waals surface area contributed by atoms with Gasteiger partial charge in [-0.15, -0.1) is 11.3 Å². The van der Waals surface area contributed by atoms with Crippen molar-refractivity contribution in [1.29, 1.82) is 0 Å². The van der Waals surface area contributed by atoms with Crippen molar-refractivity contribution in [1.82, 2.24) is 4.98 Å². The molecule has 6 nitrogen and oxygen atoms in total. The quantitative estimate of drug-likeness (QED) is 0.365. The van der Waals surface area contributed by atoms with Gasteiger partial charge in [-0.05, 0) is 12.5 Å². The molecule has 23 heavy (non-hydrogen) atoms. The zero-order valence-electron chi connectivity index (χ0n) is 12.1. The Morgan fingerprint density at radius 1 is 1.17 bits per heavy atom. The van der Waals surface area contributed by atoms with Gasteiger partial charge in [0.1, 0.15) is 11.5 Å². The van der Waals surface area contributed by atoms with Crippen molar-refractivity contribution in [2.45, 2.75) is 13.3 Å². The summed E-state index contributed by atoms with van der Waals surface area (Å²) in [6.07, 6.45) is 1.13. The smallest absolute Gasteiger partial charge is 0.376 e. The van der Waals surface area contributed by atoms with Crippen LogP contribution in [-0.2, 0) is 16.0 Å². The first-order valence-electron chi connectivity index (χ1n) is 6.59. The molecular weight excluding hydrogens is 318 g/mol. The first-order chi connectivity index (χ1) is 10.9. The molecule has 2 aromatic rings. The van der Waals surface area contributed by atoms with E-state index in [9.17, 15) is 19.5 Å². The summed E-state index contributed by atoms with van der Waals surface area (Å²) in [5, 5.41) is 20.4. The number of carbonyl (C=O) groups excluding carboxylic acids is 2. The molecule has 0 spiro atoms. The van der Waals surface area contributed by atoms with Crippen LogP contribution in [0, 0.1) is 0 Å². The molecule has 0 radical (unpaired) electrons. The van der Waals surface area contributed by atoms with E-state index < -0.39 is 17.5 Å². The molecule has 118 valence electrons. The van der Waals surface area contributed by atoms with Gasteiger partial charge < -0.3 is 10.2 Å². The van der Waals surface area contributed by atoms with E-state index in [1.807, 2.05) is 12.1 Å². The van der Waals surface area contributed by atoms with Crippen LogP contribution in [0.1, 0.15) is 33.5 Å². The number of thiazole rings is 1. The molecule has 0 saturated carbocycles. The predicted octanol–water partition coefficient (Wildman–Crippen LogP) is 2.49. The van der Waals surface area contributed by atoms with Gasteiger partial charge in [0.05, 0.1) is 5.01 Å². The van der Waals surface area contributed by atoms with Gasteiger partial charge in [0, 0.05) is 23.4 Å². The van der Waals surface area contributed by atoms with Gasteiger partial charge in [-0.25, -0.2) is 9.78 Å². The van der Waals surface area contributed by atoms with Crippen LogP contribution >= 0.6 is 11.3 Å². The van der Waals surface area contributed by atoms with Crippen molar-refractivity contribution < 1.29 is 24.6 Å². The van der Waals surface area contributed by atoms with Crippen molar-refractivity contribution >= 4 is 34.6 Å². The Morgan fingerprint density at radius 2 is 1.83 bits per heavy atom. The van der Waals surface area contributed by atoms with Gasteiger partial charge in [-0.1, -0.05) is 24.3 Å². The Kier molecular flexibility index (Phi) is 5.02. The van der Waals surface area contributed by atoms with Crippen LogP contribution in [0.15, 0.2) is 35.7 Å². The molecule has 2 N–H and O–H groups in total. The molecule has 2 rings (SSSR count). The van der Waals surface area contributed by atoms with Crippen LogP contribution in [0.4, 0.5) is 0 Å². The van der Waals surface area contributed by atoms with E-state index in [1.54, 1.807) is 17.5 Å². The van der Waals surface area contributed by atoms with Crippen LogP contribution in [-0.4, -0.2) is 32.7 Å². The van der Waals surface area contributed by atoms with E-state index >= 15 is 0 Å². The highest BCUT2D eigenvalue weighted by atomic mass is 32.1. The van der Waals surface area contributed by atoms with Crippen LogP contribution in [0.2, 0.25) is 0 Å². The number of aliphatic hydroxyl groups excluding tert-OH is 1. The minimum Gasteiger partial charge on any atom is -0.506 e. The van der Waals surface area contributed by atoms with Gasteiger partial charge in [-0.2, -0.15) is 0 Å². The minimum absolute atomic E-state index is 0.00811. The van der Waals surface area contributed by atoms with Crippen molar-refractivity contribution in [2.24, 2.45) is 0 Å². The molecule has 1 heterocycles. The predicted molar refractivity (Wildman–Crippen MR) is 84.6 cm³/mol. The average molecular weight is 331 g/mol. The highest BCUT2D eigenvalue weighted by Crippen LogP contribution is 2.19. The van der Waals surface area contributed by atoms with E-state index in [1.165, 1.54) is 18.3 Å². The largest absolute Gasteiger partial charge is 0.506 e. The number of aromatic nitrogens is 1. The molecule has 0 aliphatic heterocycles. The number of aliphatic hydroxyl groups is 1. The van der Waals surface area contributed by atoms with E-state index in [-0.39, 0.29) is 11.5 Å². The summed E-state index contributed by atoms with van der Waals surface area (Å²) in [6, 6.07) is 7.10. The topological polar surface area (TPSA) is 105 Å². The normalized spacial score (nSPS) is 11.3. The Hall–Kier alpha value is -2.80. The molecule has 0 atom stereocenters. The van der Waals surface area contributed by atoms with Gasteiger partial charge in [0.25, 0.3) is 5.78 Å². The van der Waals surface area contributed by atoms with Gasteiger partial charge in [0.15, 0.2) is 5.78 Å². The second kappa shape index (κ2) is 6.97. The standard InChI is InChI=1S/C16H13NO5S/c1-9(18)11-4-2-10(3-5-11)6-15-17-12(8-23-15)13(19)7-14(20)16(21)22/h2-5,7-8,19H,6H2,1H3,(H,21,22). The third kappa shape index (κ3) is 4.33. The minimum atomic E-state index is -1.64. The van der Waals surface area contributed by atoms with Crippen LogP contribution in [0.3, 0.4) is 0 Å². The SMILES string of the molecule is CC(=O)c1ccc(Cc2nc(C(O)=CC(=O)C(=O)O)cs2)cc1. The summed E-state index contributed by atoms with van der Waals surface area (Å²) >= 11 is 1.28. The molecule has 1 aromatic heterocycles. The van der Waals surface area contributed by atoms with E-state index in [0.717, 1.165) is 5.56 Å². The lowest BCUT2D eigenvalue weighted by Gasteiger charge is -2.00. The maximum Gasteiger partial charge on any atom is 0.376 e. The average Bonchev–Trinajstić information content (AvgIpc) is 2.96. The zero-order chi connectivity index (χ0) is 17.0. The number of Topliss-reactive ketones (excluding diaryl/α,β-unsaturated/α-hetero) is 1. The van der Waals surface area contributed by atoms with Crippen LogP contribution in [0.25, 0.3) is 5.76 Å². The first kappa shape index (κ1) is 16.6. The first-order valence-corrected chi connectivity index (χ1v) is 7.47. The number of rotatable bonds is 6.